The normalized spacial score (nSPS) is 45.1. The number of nitrogens with one attached hydrogen (secondary N) is 1. The Labute approximate surface area is 221 Å². The number of carbonyl (C=O) groups excluding carboxylic acids is 2. The molecule has 33 heavy (non-hydrogen) atoms. The van der Waals surface area contributed by atoms with Crippen molar-refractivity contribution >= 4 is 11.9 Å². The largest absolute Gasteiger partial charge is 1.00 e. The third-order valence-electron chi connectivity index (χ3n) is 10.7. The second-order valence-corrected chi connectivity index (χ2v) is 12.1. The van der Waals surface area contributed by atoms with E-state index in [9.17, 15) is 24.9 Å². The molecule has 1 amide bonds. The van der Waals surface area contributed by atoms with Gasteiger partial charge in [-0.05, 0) is 104 Å². The molecule has 4 aliphatic rings. The van der Waals surface area contributed by atoms with E-state index in [1.165, 1.54) is 6.42 Å². The van der Waals surface area contributed by atoms with Crippen molar-refractivity contribution < 1.29 is 54.5 Å². The van der Waals surface area contributed by atoms with Crippen molar-refractivity contribution in [1.82, 2.24) is 5.32 Å². The van der Waals surface area contributed by atoms with Gasteiger partial charge >= 0.3 is 29.6 Å². The summed E-state index contributed by atoms with van der Waals surface area (Å²) in [5.41, 5.74) is 0.436. The molecule has 0 aromatic rings. The van der Waals surface area contributed by atoms with Gasteiger partial charge in [-0.25, -0.2) is 0 Å². The van der Waals surface area contributed by atoms with Crippen molar-refractivity contribution in [3.05, 3.63) is 0 Å². The summed E-state index contributed by atoms with van der Waals surface area (Å²) in [6, 6.07) is 0. The number of rotatable bonds is 6. The van der Waals surface area contributed by atoms with Crippen LogP contribution in [0.25, 0.3) is 0 Å². The molecular weight excluding hydrogens is 429 g/mol. The van der Waals surface area contributed by atoms with E-state index in [1.807, 2.05) is 0 Å². The number of hydrogen-bond acceptors (Lipinski definition) is 5. The Kier molecular flexibility index (Phi) is 8.70. The Balaban J connectivity index is 0.00000306. The zero-order valence-electron chi connectivity index (χ0n) is 21.0. The molecule has 10 atom stereocenters. The first-order chi connectivity index (χ1) is 15.1. The number of carboxylic acid groups (broad SMARTS) is 1. The van der Waals surface area contributed by atoms with Crippen molar-refractivity contribution in [3.63, 3.8) is 0 Å². The summed E-state index contributed by atoms with van der Waals surface area (Å²) in [4.78, 5) is 22.6. The number of fused-ring (bicyclic) bond motifs is 5. The molecule has 182 valence electrons. The van der Waals surface area contributed by atoms with Crippen molar-refractivity contribution in [1.29, 1.82) is 0 Å². The van der Waals surface area contributed by atoms with E-state index in [4.69, 9.17) is 0 Å². The Morgan fingerprint density at radius 2 is 1.70 bits per heavy atom. The summed E-state index contributed by atoms with van der Waals surface area (Å²) in [6.07, 6.45) is 8.95. The topological polar surface area (TPSA) is 110 Å². The van der Waals surface area contributed by atoms with Gasteiger partial charge < -0.3 is 25.4 Å². The van der Waals surface area contributed by atoms with Gasteiger partial charge in [0, 0.05) is 6.42 Å². The SMILES string of the molecule is C[C@@H](CCC(=O)NCC(=O)[O-])[C@@H]1CC[C@@H]2[C@H]3[C@@H](CC[C@@]21C)[C@@]1(C)CC[C@H](O)C[C@H]1C[C@@H]3O.[Na+]. The number of carboxylic acids is 1. The number of aliphatic carboxylic acids is 1. The quantitative estimate of drug-likeness (QED) is 0.442. The summed E-state index contributed by atoms with van der Waals surface area (Å²) >= 11 is 0. The Hall–Kier alpha value is -0.140. The molecule has 0 aromatic heterocycles. The fourth-order valence-electron chi connectivity index (χ4n) is 8.99. The maximum atomic E-state index is 12.0. The number of hydrogen-bond donors (Lipinski definition) is 3. The zero-order valence-corrected chi connectivity index (χ0v) is 23.0. The van der Waals surface area contributed by atoms with Crippen LogP contribution in [0.15, 0.2) is 0 Å². The van der Waals surface area contributed by atoms with Crippen molar-refractivity contribution in [2.75, 3.05) is 6.54 Å². The van der Waals surface area contributed by atoms with Crippen LogP contribution in [0.1, 0.15) is 85.0 Å². The average Bonchev–Trinajstić information content (AvgIpc) is 3.09. The van der Waals surface area contributed by atoms with Crippen LogP contribution in [0.2, 0.25) is 0 Å². The monoisotopic (exact) mass is 471 g/mol. The van der Waals surface area contributed by atoms with E-state index in [0.29, 0.717) is 41.9 Å². The van der Waals surface area contributed by atoms with E-state index < -0.39 is 12.5 Å². The molecule has 0 radical (unpaired) electrons. The van der Waals surface area contributed by atoms with Gasteiger partial charge in [-0.3, -0.25) is 4.79 Å². The van der Waals surface area contributed by atoms with Gasteiger partial charge in [0.15, 0.2) is 0 Å². The molecule has 0 spiro atoms. The van der Waals surface area contributed by atoms with Gasteiger partial charge in [0.2, 0.25) is 5.91 Å². The molecule has 3 N–H and O–H groups in total. The summed E-state index contributed by atoms with van der Waals surface area (Å²) in [5, 5.41) is 34.5. The smallest absolute Gasteiger partial charge is 0.548 e. The van der Waals surface area contributed by atoms with Gasteiger partial charge in [-0.15, -0.1) is 0 Å². The van der Waals surface area contributed by atoms with Gasteiger partial charge in [0.25, 0.3) is 0 Å². The first-order valence-electron chi connectivity index (χ1n) is 12.9. The van der Waals surface area contributed by atoms with Crippen LogP contribution >= 0.6 is 0 Å². The van der Waals surface area contributed by atoms with Crippen LogP contribution < -0.4 is 40.0 Å². The molecule has 4 aliphatic carbocycles. The fourth-order valence-corrected chi connectivity index (χ4v) is 8.99. The summed E-state index contributed by atoms with van der Waals surface area (Å²) in [5.74, 6) is 1.31. The van der Waals surface area contributed by atoms with E-state index in [1.54, 1.807) is 0 Å². The molecule has 4 rings (SSSR count). The number of aliphatic hydroxyl groups excluding tert-OH is 2. The first kappa shape index (κ1) is 27.4. The predicted molar refractivity (Wildman–Crippen MR) is 119 cm³/mol. The molecule has 0 aliphatic heterocycles. The summed E-state index contributed by atoms with van der Waals surface area (Å²) < 4.78 is 0. The third kappa shape index (κ3) is 5.07. The number of amides is 1. The molecule has 0 aromatic carbocycles. The molecule has 4 fully saturated rings. The predicted octanol–water partition coefficient (Wildman–Crippen LogP) is -0.737. The van der Waals surface area contributed by atoms with Gasteiger partial charge in [0.05, 0.1) is 24.7 Å². The van der Waals surface area contributed by atoms with Crippen LogP contribution in [-0.4, -0.2) is 40.8 Å². The van der Waals surface area contributed by atoms with E-state index in [-0.39, 0.29) is 58.5 Å². The van der Waals surface area contributed by atoms with Crippen LogP contribution in [0, 0.1) is 46.3 Å². The Bertz CT molecular complexity index is 733. The zero-order chi connectivity index (χ0) is 23.3. The second-order valence-electron chi connectivity index (χ2n) is 12.1. The van der Waals surface area contributed by atoms with E-state index in [0.717, 1.165) is 51.4 Å². The van der Waals surface area contributed by atoms with Crippen LogP contribution in [0.5, 0.6) is 0 Å². The van der Waals surface area contributed by atoms with E-state index in [2.05, 4.69) is 26.1 Å². The van der Waals surface area contributed by atoms with Gasteiger partial charge in [-0.1, -0.05) is 20.8 Å². The third-order valence-corrected chi connectivity index (χ3v) is 10.7. The minimum absolute atomic E-state index is 0. The maximum absolute atomic E-state index is 12.0. The Morgan fingerprint density at radius 3 is 2.39 bits per heavy atom. The van der Waals surface area contributed by atoms with E-state index >= 15 is 0 Å². The minimum atomic E-state index is -1.26. The molecule has 7 heteroatoms. The molecule has 6 nitrogen and oxygen atoms in total. The molecular formula is C26H42NNaO5. The average molecular weight is 472 g/mol. The summed E-state index contributed by atoms with van der Waals surface area (Å²) in [7, 11) is 0. The molecule has 0 bridgehead atoms. The fraction of sp³-hybridized carbons (Fsp3) is 0.923. The van der Waals surface area contributed by atoms with Gasteiger partial charge in [0.1, 0.15) is 0 Å². The second kappa shape index (κ2) is 10.5. The maximum Gasteiger partial charge on any atom is 1.00 e. The molecule has 0 unspecified atom stereocenters. The van der Waals surface area contributed by atoms with Crippen molar-refractivity contribution in [2.24, 2.45) is 46.3 Å². The first-order valence-corrected chi connectivity index (χ1v) is 12.9. The molecule has 4 saturated carbocycles. The number of aliphatic hydroxyl groups is 2. The van der Waals surface area contributed by atoms with Crippen molar-refractivity contribution in [2.45, 2.75) is 97.2 Å². The van der Waals surface area contributed by atoms with Crippen molar-refractivity contribution in [3.8, 4) is 0 Å². The van der Waals surface area contributed by atoms with Crippen LogP contribution in [0.3, 0.4) is 0 Å². The van der Waals surface area contributed by atoms with Crippen LogP contribution in [0.4, 0.5) is 0 Å². The van der Waals surface area contributed by atoms with Crippen LogP contribution in [-0.2, 0) is 9.59 Å². The molecule has 0 saturated heterocycles. The minimum Gasteiger partial charge on any atom is -0.548 e. The standard InChI is InChI=1S/C26H43NO5.Na/c1-15(4-7-22(30)27-14-23(31)32)18-5-6-19-24-20(9-11-26(18,19)3)25(2)10-8-17(28)12-16(25)13-21(24)29;/h15-21,24,28-29H,4-14H2,1-3H3,(H,27,30)(H,31,32);/q;+1/p-1/t15-,16-,17-,18-,19+,20+,21-,24-,25-,26+;/m0./s1. The summed E-state index contributed by atoms with van der Waals surface area (Å²) in [6.45, 7) is 6.70. The van der Waals surface area contributed by atoms with Gasteiger partial charge in [-0.2, -0.15) is 0 Å². The molecule has 0 heterocycles. The number of carbonyl (C=O) groups is 2. The Morgan fingerprint density at radius 1 is 1.03 bits per heavy atom.